The number of carbonyl (C=O) groups excluding carboxylic acids is 7. The van der Waals surface area contributed by atoms with Gasteiger partial charge in [0.2, 0.25) is 41.2 Å². The van der Waals surface area contributed by atoms with Gasteiger partial charge in [0, 0.05) is 102 Å². The van der Waals surface area contributed by atoms with Crippen LogP contribution in [0.1, 0.15) is 76.8 Å². The average molecular weight is 1740 g/mol. The molecule has 5 aromatic carbocycles. The molecule has 0 unspecified atom stereocenters. The molecule has 0 saturated carbocycles. The quantitative estimate of drug-likeness (QED) is 0.0158. The number of aromatic nitrogens is 16. The Morgan fingerprint density at radius 2 is 0.688 bits per heavy atom. The number of alkyl halides is 3. The summed E-state index contributed by atoms with van der Waals surface area (Å²) in [5.41, 5.74) is 25.0. The summed E-state index contributed by atoms with van der Waals surface area (Å²) in [4.78, 5) is 114. The lowest BCUT2D eigenvalue weighted by atomic mass is 10.2. The Labute approximate surface area is 720 Å². The molecule has 12 N–H and O–H groups in total. The van der Waals surface area contributed by atoms with E-state index < -0.39 is 69.9 Å². The Morgan fingerprint density at radius 1 is 0.384 bits per heavy atom. The van der Waals surface area contributed by atoms with Gasteiger partial charge in [0.05, 0.1) is 40.5 Å². The molecule has 0 aliphatic rings. The molecule has 0 fully saturated rings. The first kappa shape index (κ1) is 97.9. The number of nitrogens with zero attached hydrogens (tertiary/aromatic N) is 16. The number of primary amides is 3. The average Bonchev–Trinajstić information content (AvgIpc) is 1.30. The van der Waals surface area contributed by atoms with E-state index in [0.717, 1.165) is 12.1 Å². The number of carbonyl (C=O) groups is 7. The summed E-state index contributed by atoms with van der Waals surface area (Å²) in [5, 5.41) is 26.7. The number of rotatable bonds is 24. The monoisotopic (exact) mass is 1740 g/mol. The molecular formula is C83H92ClF3N24O14. The Balaban J connectivity index is 0.000000258. The number of methoxy groups -OCH3 is 1. The first-order valence-corrected chi connectivity index (χ1v) is 36.1. The van der Waals surface area contributed by atoms with E-state index in [1.165, 1.54) is 69.3 Å². The maximum absolute atomic E-state index is 13.0. The SMILES string of the molecule is C.C.C.C.CC(C)(C)OC(=O)Nc1cccc(Oc2cc(-c3ccn(CC(N)=O)n3)ncn2)c1.COC(=O)Cn1ccc(-c2cc(Oc3cccc(NC(=O)OC(C)(C)C)c3)ncn2)n1.NC(=O)Cn1ccc(-c2cc(Oc3cccc(N)c3)ncn2)n1.NC(=O)Cn1ccc(-c2cc(Oc3cccc(NC(=O)Nc4ccc(Cl)c(C(F)(F)F)c4)c3)ncn2)n1. The summed E-state index contributed by atoms with van der Waals surface area (Å²) in [6.45, 7) is 10.6. The minimum Gasteiger partial charge on any atom is -0.468 e. The lowest BCUT2D eigenvalue weighted by Crippen LogP contribution is -2.27. The number of hydrogen-bond acceptors (Lipinski definition) is 27. The van der Waals surface area contributed by atoms with E-state index in [1.807, 2.05) is 0 Å². The molecule has 125 heavy (non-hydrogen) atoms. The number of hydrogen-bond donors (Lipinski definition) is 8. The molecule has 0 saturated heterocycles. The normalized spacial score (nSPS) is 10.6. The van der Waals surface area contributed by atoms with Crippen LogP contribution in [0.15, 0.2) is 214 Å². The summed E-state index contributed by atoms with van der Waals surface area (Å²) in [6, 6.07) is 42.5. The van der Waals surface area contributed by atoms with Gasteiger partial charge in [-0.25, -0.2) is 54.3 Å². The fourth-order valence-corrected chi connectivity index (χ4v) is 10.3. The fourth-order valence-electron chi connectivity index (χ4n) is 10.1. The molecule has 0 aliphatic heterocycles. The molecule has 8 aromatic heterocycles. The van der Waals surface area contributed by atoms with Crippen molar-refractivity contribution < 1.29 is 79.9 Å². The van der Waals surface area contributed by atoms with Crippen molar-refractivity contribution in [3.63, 3.8) is 0 Å². The molecule has 13 rings (SSSR count). The molecular weight excluding hydrogens is 1650 g/mol. The van der Waals surface area contributed by atoms with Crippen molar-refractivity contribution in [2.75, 3.05) is 34.1 Å². The van der Waals surface area contributed by atoms with Gasteiger partial charge in [-0.05, 0) is 133 Å². The van der Waals surface area contributed by atoms with E-state index in [0.29, 0.717) is 109 Å². The van der Waals surface area contributed by atoms with Gasteiger partial charge in [0.1, 0.15) is 108 Å². The number of anilines is 5. The molecule has 38 nitrogen and oxygen atoms in total. The van der Waals surface area contributed by atoms with Crippen molar-refractivity contribution in [1.82, 2.24) is 79.0 Å². The molecule has 0 aliphatic carbocycles. The highest BCUT2D eigenvalue weighted by Crippen LogP contribution is 2.37. The summed E-state index contributed by atoms with van der Waals surface area (Å²) in [7, 11) is 1.32. The van der Waals surface area contributed by atoms with Crippen molar-refractivity contribution in [2.45, 2.75) is 115 Å². The zero-order valence-electron chi connectivity index (χ0n) is 65.2. The second-order valence-corrected chi connectivity index (χ2v) is 27.5. The maximum atomic E-state index is 13.0. The van der Waals surface area contributed by atoms with E-state index in [4.69, 9.17) is 63.0 Å². The van der Waals surface area contributed by atoms with E-state index in [2.05, 4.69) is 86.3 Å². The molecule has 13 aromatic rings. The minimum absolute atomic E-state index is 0. The standard InChI is InChI=1S/C23H17ClF3N7O3.C21H23N5O5.C20H22N6O4.C15H14N6O2.4CH4/c24-17-5-4-14(9-16(17)23(25,26)27)32-22(36)31-13-2-1-3-15(8-13)37-21-10-19(29-12-30-21)18-6-7-34(33-18)11-20(28)35;1-21(2,3)31-20(28)24-14-6-5-7-15(10-14)30-18-11-17(22-13-23-18)16-8-9-26(25-16)12-19(27)29-4;1-20(2,3)30-19(28)24-13-5-4-6-14(9-13)29-18-10-16(22-12-23-18)15-7-8-26(25-15)11-17(21)27;16-10-2-1-3-11(6-10)23-15-7-13(18-9-19-15)12-4-5-21(20-12)8-14(17)22;;;;/h1-10,12H,11H2,(H2,28,35)(H2,31,32,36);5-11,13H,12H2,1-4H3,(H,24,28);4-10,12H,11H2,1-3H3,(H2,21,27)(H,24,28);1-7,9H,8,16H2,(H2,17,22);4*1H4. The predicted octanol–water partition coefficient (Wildman–Crippen LogP) is 15.3. The summed E-state index contributed by atoms with van der Waals surface area (Å²) < 4.78 is 82.9. The van der Waals surface area contributed by atoms with Crippen LogP contribution < -0.4 is 63.1 Å². The Kier molecular flexibility index (Phi) is 35.1. The highest BCUT2D eigenvalue weighted by atomic mass is 35.5. The lowest BCUT2D eigenvalue weighted by molar-refractivity contribution is -0.141. The number of nitrogens with two attached hydrogens (primary N) is 4. The van der Waals surface area contributed by atoms with Crippen LogP contribution >= 0.6 is 11.6 Å². The molecule has 0 spiro atoms. The van der Waals surface area contributed by atoms with Crippen molar-refractivity contribution in [3.8, 4) is 92.1 Å². The maximum Gasteiger partial charge on any atom is 0.417 e. The molecule has 8 heterocycles. The summed E-state index contributed by atoms with van der Waals surface area (Å²) >= 11 is 5.60. The highest BCUT2D eigenvalue weighted by molar-refractivity contribution is 6.31. The number of urea groups is 1. The van der Waals surface area contributed by atoms with Crippen molar-refractivity contribution >= 4 is 81.9 Å². The number of ether oxygens (including phenoxy) is 7. The Bertz CT molecular complexity index is 5830. The van der Waals surface area contributed by atoms with Crippen molar-refractivity contribution in [2.24, 2.45) is 17.2 Å². The van der Waals surface area contributed by atoms with Crippen molar-refractivity contribution in [3.05, 3.63) is 224 Å². The third kappa shape index (κ3) is 31.9. The minimum atomic E-state index is -4.67. The second kappa shape index (κ2) is 44.9. The van der Waals surface area contributed by atoms with Gasteiger partial charge in [-0.3, -0.25) is 48.5 Å². The summed E-state index contributed by atoms with van der Waals surface area (Å²) in [6.07, 6.45) is 6.09. The molecule has 0 radical (unpaired) electrons. The molecule has 0 atom stereocenters. The number of nitrogen functional groups attached to an aromatic ring is 1. The second-order valence-electron chi connectivity index (χ2n) is 27.1. The third-order valence-electron chi connectivity index (χ3n) is 15.0. The first-order valence-electron chi connectivity index (χ1n) is 35.7. The first-order chi connectivity index (χ1) is 57.5. The van der Waals surface area contributed by atoms with Crippen LogP contribution in [0.4, 0.5) is 56.0 Å². The van der Waals surface area contributed by atoms with Gasteiger partial charge < -0.3 is 66.7 Å². The van der Waals surface area contributed by atoms with Crippen LogP contribution in [-0.2, 0) is 65.7 Å². The largest absolute Gasteiger partial charge is 0.468 e. The number of esters is 1. The van der Waals surface area contributed by atoms with Crippen LogP contribution in [-0.4, -0.2) is 139 Å². The number of nitrogens with one attached hydrogen (secondary N) is 4. The summed E-state index contributed by atoms with van der Waals surface area (Å²) in [5.74, 6) is 1.05. The smallest absolute Gasteiger partial charge is 0.417 e. The number of benzene rings is 5. The molecule has 656 valence electrons. The van der Waals surface area contributed by atoms with E-state index >= 15 is 0 Å². The van der Waals surface area contributed by atoms with Gasteiger partial charge in [-0.2, -0.15) is 33.6 Å². The van der Waals surface area contributed by atoms with Crippen LogP contribution in [0.2, 0.25) is 5.02 Å². The van der Waals surface area contributed by atoms with Crippen LogP contribution in [0.25, 0.3) is 45.6 Å². The van der Waals surface area contributed by atoms with E-state index in [9.17, 15) is 46.7 Å². The number of halogens is 4. The third-order valence-corrected chi connectivity index (χ3v) is 15.3. The molecule has 42 heteroatoms. The molecule has 7 amide bonds. The van der Waals surface area contributed by atoms with Gasteiger partial charge in [-0.15, -0.1) is 0 Å². The van der Waals surface area contributed by atoms with Gasteiger partial charge in [-0.1, -0.05) is 65.6 Å². The van der Waals surface area contributed by atoms with Gasteiger partial charge in [0.15, 0.2) is 0 Å². The van der Waals surface area contributed by atoms with Crippen LogP contribution in [0.5, 0.6) is 46.5 Å². The highest BCUT2D eigenvalue weighted by Gasteiger charge is 2.34. The van der Waals surface area contributed by atoms with Gasteiger partial charge >= 0.3 is 30.4 Å². The van der Waals surface area contributed by atoms with Crippen LogP contribution in [0.3, 0.4) is 0 Å². The number of amides is 7. The topological polar surface area (TPSA) is 511 Å². The van der Waals surface area contributed by atoms with E-state index in [1.54, 1.807) is 200 Å². The zero-order valence-corrected chi connectivity index (χ0v) is 66.0. The fraction of sp³-hybridized carbons (Fsp3) is 0.217. The Morgan fingerprint density at radius 3 is 0.992 bits per heavy atom. The zero-order chi connectivity index (χ0) is 87.0. The van der Waals surface area contributed by atoms with Crippen LogP contribution in [0, 0.1) is 0 Å². The predicted molar refractivity (Wildman–Crippen MR) is 459 cm³/mol. The van der Waals surface area contributed by atoms with E-state index in [-0.39, 0.29) is 67.5 Å². The lowest BCUT2D eigenvalue weighted by Gasteiger charge is -2.19. The Hall–Kier alpha value is -16.0. The molecule has 0 bridgehead atoms. The van der Waals surface area contributed by atoms with Crippen molar-refractivity contribution in [1.29, 1.82) is 0 Å². The van der Waals surface area contributed by atoms with Gasteiger partial charge in [0.25, 0.3) is 0 Å².